The van der Waals surface area contributed by atoms with E-state index in [9.17, 15) is 14.7 Å². The number of nitrogens with one attached hydrogen (secondary N) is 1. The van der Waals surface area contributed by atoms with Crippen LogP contribution in [0.15, 0.2) is 48.5 Å². The van der Waals surface area contributed by atoms with E-state index in [0.717, 1.165) is 17.2 Å². The Hall–Kier alpha value is -3.08. The van der Waals surface area contributed by atoms with E-state index in [1.807, 2.05) is 32.0 Å². The zero-order valence-electron chi connectivity index (χ0n) is 13.8. The highest BCUT2D eigenvalue weighted by atomic mass is 16.5. The van der Waals surface area contributed by atoms with Gasteiger partial charge in [0, 0.05) is 11.6 Å². The first-order valence-electron chi connectivity index (χ1n) is 7.38. The van der Waals surface area contributed by atoms with Gasteiger partial charge >= 0.3 is 0 Å². The van der Waals surface area contributed by atoms with Gasteiger partial charge in [0.2, 0.25) is 5.78 Å². The average molecular weight is 325 g/mol. The number of aliphatic hydroxyl groups excluding tert-OH is 1. The summed E-state index contributed by atoms with van der Waals surface area (Å²) in [6, 6.07) is 12.2. The number of benzene rings is 2. The molecule has 24 heavy (non-hydrogen) atoms. The Bertz CT molecular complexity index is 792. The topological polar surface area (TPSA) is 75.6 Å². The van der Waals surface area contributed by atoms with Crippen LogP contribution in [0.4, 0.5) is 5.69 Å². The molecule has 0 aromatic heterocycles. The Kier molecular flexibility index (Phi) is 5.37. The molecule has 2 rings (SSSR count). The van der Waals surface area contributed by atoms with E-state index >= 15 is 0 Å². The molecule has 0 saturated carbocycles. The summed E-state index contributed by atoms with van der Waals surface area (Å²) < 4.78 is 5.15. The van der Waals surface area contributed by atoms with E-state index in [2.05, 4.69) is 5.32 Å². The number of anilines is 1. The number of carbonyl (C=O) groups is 2. The molecule has 0 radical (unpaired) electrons. The van der Waals surface area contributed by atoms with E-state index in [-0.39, 0.29) is 5.76 Å². The minimum Gasteiger partial charge on any atom is -0.507 e. The maximum atomic E-state index is 12.0. The Morgan fingerprint density at radius 1 is 1.04 bits per heavy atom. The van der Waals surface area contributed by atoms with Gasteiger partial charge in [-0.2, -0.15) is 0 Å². The lowest BCUT2D eigenvalue weighted by molar-refractivity contribution is -0.132. The number of aryl methyl sites for hydroxylation is 2. The molecule has 0 aliphatic carbocycles. The number of hydrogen-bond donors (Lipinski definition) is 2. The Balaban J connectivity index is 2.15. The maximum absolute atomic E-state index is 12.0. The molecule has 0 heterocycles. The molecule has 0 aliphatic heterocycles. The van der Waals surface area contributed by atoms with Crippen LogP contribution in [-0.4, -0.2) is 23.9 Å². The van der Waals surface area contributed by atoms with Gasteiger partial charge in [-0.3, -0.25) is 9.59 Å². The number of ether oxygens (including phenoxy) is 1. The van der Waals surface area contributed by atoms with Gasteiger partial charge in [0.15, 0.2) is 0 Å². The van der Waals surface area contributed by atoms with E-state index in [1.165, 1.54) is 7.11 Å². The second-order valence-electron chi connectivity index (χ2n) is 5.42. The second kappa shape index (κ2) is 7.46. The Labute approximate surface area is 140 Å². The van der Waals surface area contributed by atoms with Crippen LogP contribution < -0.4 is 10.1 Å². The van der Waals surface area contributed by atoms with Crippen molar-refractivity contribution in [1.29, 1.82) is 0 Å². The van der Waals surface area contributed by atoms with Gasteiger partial charge in [-0.15, -0.1) is 0 Å². The molecule has 0 saturated heterocycles. The van der Waals surface area contributed by atoms with Gasteiger partial charge in [0.25, 0.3) is 5.91 Å². The maximum Gasteiger partial charge on any atom is 0.296 e. The Morgan fingerprint density at radius 2 is 1.67 bits per heavy atom. The lowest BCUT2D eigenvalue weighted by atomic mass is 10.1. The smallest absolute Gasteiger partial charge is 0.296 e. The number of hydrogen-bond acceptors (Lipinski definition) is 4. The number of carbonyl (C=O) groups excluding carboxylic acids is 2. The Morgan fingerprint density at radius 3 is 2.29 bits per heavy atom. The van der Waals surface area contributed by atoms with Crippen LogP contribution in [-0.2, 0) is 9.59 Å². The zero-order valence-corrected chi connectivity index (χ0v) is 13.8. The van der Waals surface area contributed by atoms with Crippen molar-refractivity contribution in [3.63, 3.8) is 0 Å². The van der Waals surface area contributed by atoms with Crippen LogP contribution in [0.5, 0.6) is 5.75 Å². The SMILES string of the molecule is COc1ccc(C)cc1NC(=O)C(=O)C=C(O)c1ccc(C)cc1. The van der Waals surface area contributed by atoms with E-state index in [0.29, 0.717) is 17.0 Å². The molecule has 0 unspecified atom stereocenters. The van der Waals surface area contributed by atoms with Crippen molar-refractivity contribution in [2.24, 2.45) is 0 Å². The molecule has 2 N–H and O–H groups in total. The van der Waals surface area contributed by atoms with Gasteiger partial charge in [0.05, 0.1) is 12.8 Å². The van der Waals surface area contributed by atoms with Crippen molar-refractivity contribution in [2.75, 3.05) is 12.4 Å². The molecule has 0 bridgehead atoms. The molecule has 5 nitrogen and oxygen atoms in total. The number of amides is 1. The standard InChI is InChI=1S/C19H19NO4/c1-12-4-7-14(8-5-12)16(21)11-17(22)19(23)20-15-10-13(2)6-9-18(15)24-3/h4-11,21H,1-3H3,(H,20,23). The molecule has 0 fully saturated rings. The summed E-state index contributed by atoms with van der Waals surface area (Å²) in [5.41, 5.74) is 2.81. The summed E-state index contributed by atoms with van der Waals surface area (Å²) >= 11 is 0. The van der Waals surface area contributed by atoms with E-state index < -0.39 is 11.7 Å². The second-order valence-corrected chi connectivity index (χ2v) is 5.42. The summed E-state index contributed by atoms with van der Waals surface area (Å²) in [6.07, 6.45) is 0.905. The third-order valence-corrected chi connectivity index (χ3v) is 3.44. The molecule has 2 aromatic rings. The van der Waals surface area contributed by atoms with Gasteiger partial charge in [-0.25, -0.2) is 0 Å². The van der Waals surface area contributed by atoms with Crippen molar-refractivity contribution in [2.45, 2.75) is 13.8 Å². The van der Waals surface area contributed by atoms with Crippen LogP contribution in [0, 0.1) is 13.8 Å². The molecule has 2 aromatic carbocycles. The number of ketones is 1. The zero-order chi connectivity index (χ0) is 17.7. The molecule has 5 heteroatoms. The first kappa shape index (κ1) is 17.3. The van der Waals surface area contributed by atoms with Gasteiger partial charge in [-0.1, -0.05) is 35.9 Å². The predicted molar refractivity (Wildman–Crippen MR) is 93.2 cm³/mol. The molecule has 1 amide bonds. The molecular formula is C19H19NO4. The number of aliphatic hydroxyl groups is 1. The number of rotatable bonds is 5. The van der Waals surface area contributed by atoms with Crippen LogP contribution >= 0.6 is 0 Å². The minimum absolute atomic E-state index is 0.258. The quantitative estimate of drug-likeness (QED) is 0.502. The van der Waals surface area contributed by atoms with E-state index in [4.69, 9.17) is 4.74 Å². The van der Waals surface area contributed by atoms with Crippen molar-refractivity contribution in [1.82, 2.24) is 0 Å². The fourth-order valence-electron chi connectivity index (χ4n) is 2.10. The predicted octanol–water partition coefficient (Wildman–Crippen LogP) is 3.42. The normalized spacial score (nSPS) is 11.0. The van der Waals surface area contributed by atoms with Gasteiger partial charge in [0.1, 0.15) is 11.5 Å². The van der Waals surface area contributed by atoms with Crippen molar-refractivity contribution in [3.8, 4) is 5.75 Å². The fraction of sp³-hybridized carbons (Fsp3) is 0.158. The molecule has 0 atom stereocenters. The summed E-state index contributed by atoms with van der Waals surface area (Å²) in [5.74, 6) is -1.51. The van der Waals surface area contributed by atoms with Crippen LogP contribution in [0.1, 0.15) is 16.7 Å². The highest BCUT2D eigenvalue weighted by molar-refractivity contribution is 6.45. The van der Waals surface area contributed by atoms with Crippen molar-refractivity contribution in [3.05, 3.63) is 65.2 Å². The molecule has 0 spiro atoms. The van der Waals surface area contributed by atoms with Crippen molar-refractivity contribution < 1.29 is 19.4 Å². The highest BCUT2D eigenvalue weighted by Gasteiger charge is 2.15. The molecular weight excluding hydrogens is 306 g/mol. The van der Waals surface area contributed by atoms with Crippen LogP contribution in [0.3, 0.4) is 0 Å². The summed E-state index contributed by atoms with van der Waals surface area (Å²) in [5, 5.41) is 12.5. The van der Waals surface area contributed by atoms with Gasteiger partial charge < -0.3 is 15.2 Å². The third kappa shape index (κ3) is 4.23. The van der Waals surface area contributed by atoms with E-state index in [1.54, 1.807) is 24.3 Å². The fourth-order valence-corrected chi connectivity index (χ4v) is 2.10. The lowest BCUT2D eigenvalue weighted by Gasteiger charge is -2.10. The third-order valence-electron chi connectivity index (χ3n) is 3.44. The summed E-state index contributed by atoms with van der Waals surface area (Å²) in [4.78, 5) is 24.0. The van der Waals surface area contributed by atoms with Crippen molar-refractivity contribution >= 4 is 23.1 Å². The number of methoxy groups -OCH3 is 1. The van der Waals surface area contributed by atoms with Crippen LogP contribution in [0.25, 0.3) is 5.76 Å². The largest absolute Gasteiger partial charge is 0.507 e. The first-order valence-corrected chi connectivity index (χ1v) is 7.38. The minimum atomic E-state index is -0.850. The molecule has 0 aliphatic rings. The summed E-state index contributed by atoms with van der Waals surface area (Å²) in [6.45, 7) is 3.78. The first-order chi connectivity index (χ1) is 11.4. The monoisotopic (exact) mass is 325 g/mol. The van der Waals surface area contributed by atoms with Gasteiger partial charge in [-0.05, 0) is 31.5 Å². The average Bonchev–Trinajstić information content (AvgIpc) is 2.55. The lowest BCUT2D eigenvalue weighted by Crippen LogP contribution is -2.21. The summed E-state index contributed by atoms with van der Waals surface area (Å²) in [7, 11) is 1.48. The molecule has 124 valence electrons. The highest BCUT2D eigenvalue weighted by Crippen LogP contribution is 2.25. The van der Waals surface area contributed by atoms with Crippen LogP contribution in [0.2, 0.25) is 0 Å².